The fourth-order valence-corrected chi connectivity index (χ4v) is 6.90. The highest BCUT2D eigenvalue weighted by molar-refractivity contribution is 6.47. The maximum atomic E-state index is 14.6. The quantitative estimate of drug-likeness (QED) is 0.364. The fraction of sp³-hybridized carbons (Fsp3) is 0.469. The number of Topliss-reactive ketones (excluding diaryl/α,β-unsaturated/α-hetero) is 1. The second kappa shape index (κ2) is 7.89. The Kier molecular flexibility index (Phi) is 5.47. The van der Waals surface area contributed by atoms with Gasteiger partial charge in [-0.1, -0.05) is 70.2 Å². The third-order valence-corrected chi connectivity index (χ3v) is 10.3. The molecule has 2 aromatic carbocycles. The predicted molar refractivity (Wildman–Crippen MR) is 147 cm³/mol. The predicted octanol–water partition coefficient (Wildman–Crippen LogP) is 5.97. The van der Waals surface area contributed by atoms with E-state index in [1.165, 1.54) is 6.92 Å². The van der Waals surface area contributed by atoms with E-state index >= 15 is 0 Å². The van der Waals surface area contributed by atoms with Crippen molar-refractivity contribution in [3.8, 4) is 0 Å². The molecule has 6 heteroatoms. The normalized spacial score (nSPS) is 30.7. The first-order valence-corrected chi connectivity index (χ1v) is 13.2. The number of amides is 1. The van der Waals surface area contributed by atoms with Gasteiger partial charge in [0.2, 0.25) is 0 Å². The largest absolute Gasteiger partial charge is 0.458 e. The Morgan fingerprint density at radius 1 is 0.816 bits per heavy atom. The molecule has 1 saturated heterocycles. The number of ether oxygens (including phenoxy) is 2. The maximum Gasteiger partial charge on any atom is 0.303 e. The smallest absolute Gasteiger partial charge is 0.303 e. The van der Waals surface area contributed by atoms with Gasteiger partial charge in [-0.15, -0.1) is 0 Å². The van der Waals surface area contributed by atoms with Crippen LogP contribution in [0.25, 0.3) is 11.1 Å². The summed E-state index contributed by atoms with van der Waals surface area (Å²) in [7, 11) is 0. The maximum absolute atomic E-state index is 14.6. The molecule has 2 heterocycles. The minimum absolute atomic E-state index is 0.0635. The van der Waals surface area contributed by atoms with Gasteiger partial charge in [-0.3, -0.25) is 19.3 Å². The molecule has 2 atom stereocenters. The Bertz CT molecular complexity index is 1430. The lowest BCUT2D eigenvalue weighted by atomic mass is 9.50. The lowest BCUT2D eigenvalue weighted by Gasteiger charge is -2.69. The molecule has 0 aromatic heterocycles. The molecular weight excluding hydrogens is 478 g/mol. The summed E-state index contributed by atoms with van der Waals surface area (Å²) in [5.74, 6) is -0.744. The summed E-state index contributed by atoms with van der Waals surface area (Å²) in [6, 6.07) is 15.2. The topological polar surface area (TPSA) is 72.9 Å². The molecule has 38 heavy (non-hydrogen) atoms. The number of fused-ring (bicyclic) bond motifs is 2. The van der Waals surface area contributed by atoms with Crippen LogP contribution in [0.5, 0.6) is 0 Å². The van der Waals surface area contributed by atoms with Gasteiger partial charge < -0.3 is 9.47 Å². The van der Waals surface area contributed by atoms with E-state index in [0.29, 0.717) is 22.4 Å². The average Bonchev–Trinajstić information content (AvgIpc) is 3.29. The van der Waals surface area contributed by atoms with E-state index in [4.69, 9.17) is 9.47 Å². The average molecular weight is 516 g/mol. The number of rotatable bonds is 2. The number of benzene rings is 2. The minimum atomic E-state index is -1.24. The van der Waals surface area contributed by atoms with Gasteiger partial charge in [-0.05, 0) is 44.9 Å². The molecule has 2 unspecified atom stereocenters. The van der Waals surface area contributed by atoms with E-state index < -0.39 is 33.7 Å². The third-order valence-electron chi connectivity index (χ3n) is 10.3. The standard InChI is InChI=1S/C32H37NO5/c1-19(34)37-31(8)28(2,3)30(6,7)38-32(9,29(31,4)5)33-23-17-13-12-16-22(23)26(27(33)36)25-21-15-11-10-14-20(21)18-24(25)35/h10-17H,18H2,1-9H3. The second-order valence-electron chi connectivity index (χ2n) is 12.6. The zero-order valence-electron chi connectivity index (χ0n) is 23.8. The monoisotopic (exact) mass is 515 g/mol. The molecule has 0 bridgehead atoms. The number of esters is 1. The molecule has 200 valence electrons. The fourth-order valence-electron chi connectivity index (χ4n) is 6.90. The first-order chi connectivity index (χ1) is 17.5. The molecule has 0 spiro atoms. The summed E-state index contributed by atoms with van der Waals surface area (Å²) in [5, 5.41) is 0. The van der Waals surface area contributed by atoms with Crippen molar-refractivity contribution in [3.63, 3.8) is 0 Å². The Morgan fingerprint density at radius 3 is 2.03 bits per heavy atom. The van der Waals surface area contributed by atoms with Gasteiger partial charge in [0.25, 0.3) is 5.91 Å². The molecule has 1 fully saturated rings. The molecule has 2 aliphatic heterocycles. The Morgan fingerprint density at radius 2 is 1.39 bits per heavy atom. The van der Waals surface area contributed by atoms with Crippen molar-refractivity contribution < 1.29 is 23.9 Å². The number of carbonyl (C=O) groups is 3. The molecule has 1 aliphatic carbocycles. The van der Waals surface area contributed by atoms with Crippen LogP contribution < -0.4 is 4.90 Å². The van der Waals surface area contributed by atoms with E-state index in [0.717, 1.165) is 11.1 Å². The van der Waals surface area contributed by atoms with Gasteiger partial charge in [-0.25, -0.2) is 0 Å². The molecule has 6 nitrogen and oxygen atoms in total. The third kappa shape index (κ3) is 3.07. The van der Waals surface area contributed by atoms with E-state index in [1.54, 1.807) is 4.90 Å². The summed E-state index contributed by atoms with van der Waals surface area (Å²) in [4.78, 5) is 42.2. The first kappa shape index (κ1) is 26.4. The second-order valence-corrected chi connectivity index (χ2v) is 12.6. The number of allylic oxidation sites excluding steroid dienone is 1. The highest BCUT2D eigenvalue weighted by Gasteiger charge is 2.74. The van der Waals surface area contributed by atoms with Crippen LogP contribution in [0.1, 0.15) is 79.0 Å². The van der Waals surface area contributed by atoms with Crippen molar-refractivity contribution in [1.82, 2.24) is 0 Å². The molecule has 0 radical (unpaired) electrons. The zero-order valence-corrected chi connectivity index (χ0v) is 23.8. The summed E-state index contributed by atoms with van der Waals surface area (Å²) in [6.07, 6.45) is 0.273. The number of ketones is 1. The number of hydrogen-bond acceptors (Lipinski definition) is 5. The van der Waals surface area contributed by atoms with Crippen molar-refractivity contribution in [2.45, 2.75) is 85.7 Å². The van der Waals surface area contributed by atoms with Crippen LogP contribution >= 0.6 is 0 Å². The van der Waals surface area contributed by atoms with E-state index in [2.05, 4.69) is 0 Å². The van der Waals surface area contributed by atoms with Crippen LogP contribution in [0.2, 0.25) is 0 Å². The highest BCUT2D eigenvalue weighted by atomic mass is 16.6. The van der Waals surface area contributed by atoms with Crippen LogP contribution in [0.4, 0.5) is 5.69 Å². The van der Waals surface area contributed by atoms with Crippen LogP contribution in [0, 0.1) is 10.8 Å². The number of para-hydroxylation sites is 1. The van der Waals surface area contributed by atoms with Crippen LogP contribution in [0.3, 0.4) is 0 Å². The number of hydrogen-bond donors (Lipinski definition) is 0. The molecule has 2 aromatic rings. The zero-order chi connectivity index (χ0) is 28.1. The lowest BCUT2D eigenvalue weighted by molar-refractivity contribution is -0.352. The summed E-state index contributed by atoms with van der Waals surface area (Å²) < 4.78 is 13.2. The molecule has 3 aliphatic rings. The Hall–Kier alpha value is -3.25. The first-order valence-electron chi connectivity index (χ1n) is 13.2. The van der Waals surface area contributed by atoms with Crippen molar-refractivity contribution in [1.29, 1.82) is 0 Å². The van der Waals surface area contributed by atoms with Crippen molar-refractivity contribution in [2.24, 2.45) is 10.8 Å². The van der Waals surface area contributed by atoms with E-state index in [-0.39, 0.29) is 18.1 Å². The SMILES string of the molecule is CC(=O)OC1(C)C(C)(C)C(C)(C)OC(C)(N2C(=O)C(=C3C(=O)Cc4ccccc43)c3ccccc32)C1(C)C. The van der Waals surface area contributed by atoms with Gasteiger partial charge in [0.05, 0.1) is 22.3 Å². The highest BCUT2D eigenvalue weighted by Crippen LogP contribution is 2.65. The lowest BCUT2D eigenvalue weighted by Crippen LogP contribution is -2.79. The van der Waals surface area contributed by atoms with E-state index in [1.807, 2.05) is 104 Å². The minimum Gasteiger partial charge on any atom is -0.458 e. The van der Waals surface area contributed by atoms with Gasteiger partial charge in [0.15, 0.2) is 11.5 Å². The molecule has 0 N–H and O–H groups in total. The van der Waals surface area contributed by atoms with Gasteiger partial charge >= 0.3 is 5.97 Å². The van der Waals surface area contributed by atoms with Crippen LogP contribution in [-0.4, -0.2) is 34.6 Å². The van der Waals surface area contributed by atoms with Crippen molar-refractivity contribution in [2.75, 3.05) is 4.90 Å². The van der Waals surface area contributed by atoms with E-state index in [9.17, 15) is 14.4 Å². The van der Waals surface area contributed by atoms with Crippen LogP contribution in [0.15, 0.2) is 48.5 Å². The Balaban J connectivity index is 1.78. The van der Waals surface area contributed by atoms with Crippen molar-refractivity contribution in [3.05, 3.63) is 65.2 Å². The summed E-state index contributed by atoms with van der Waals surface area (Å²) in [5.41, 5.74) is -0.619. The number of anilines is 1. The van der Waals surface area contributed by atoms with Gasteiger partial charge in [0, 0.05) is 29.9 Å². The summed E-state index contributed by atoms with van der Waals surface area (Å²) >= 11 is 0. The van der Waals surface area contributed by atoms with Crippen molar-refractivity contribution >= 4 is 34.5 Å². The molecular formula is C32H37NO5. The molecule has 1 amide bonds. The van der Waals surface area contributed by atoms with Gasteiger partial charge in [0.1, 0.15) is 5.60 Å². The molecule has 0 saturated carbocycles. The number of carbonyl (C=O) groups excluding carboxylic acids is 3. The van der Waals surface area contributed by atoms with Crippen LogP contribution in [-0.2, 0) is 30.3 Å². The Labute approximate surface area is 225 Å². The number of nitrogens with zero attached hydrogens (tertiary/aromatic N) is 1. The van der Waals surface area contributed by atoms with Gasteiger partial charge in [-0.2, -0.15) is 0 Å². The molecule has 5 rings (SSSR count). The summed E-state index contributed by atoms with van der Waals surface area (Å²) in [6.45, 7) is 17.3.